The SMILES string of the molecule is COc1ccc([C@@H]2[C@H](CCC(O)c3ccc(F)cc3)CC(=S)N2c2ccccc2)c(O)c1.COc1ccc([C@@H]2[C@H](CCCc3ccc(F)cc3)CC(=S)N2c2ccccc2)c(O)c1. The first-order valence-corrected chi connectivity index (χ1v) is 22.0. The number of aromatic hydroxyl groups is 2. The molecule has 7 nitrogen and oxygen atoms in total. The van der Waals surface area contributed by atoms with Crippen molar-refractivity contribution < 1.29 is 33.6 Å². The highest BCUT2D eigenvalue weighted by molar-refractivity contribution is 7.80. The quantitative estimate of drug-likeness (QED) is 0.0926. The van der Waals surface area contributed by atoms with E-state index in [9.17, 15) is 24.1 Å². The van der Waals surface area contributed by atoms with Crippen LogP contribution in [0.3, 0.4) is 0 Å². The molecule has 6 aromatic carbocycles. The summed E-state index contributed by atoms with van der Waals surface area (Å²) in [6.45, 7) is 0. The molecule has 0 bridgehead atoms. The molecule has 63 heavy (non-hydrogen) atoms. The van der Waals surface area contributed by atoms with Gasteiger partial charge in [0.2, 0.25) is 0 Å². The number of rotatable bonds is 14. The van der Waals surface area contributed by atoms with E-state index in [2.05, 4.69) is 21.9 Å². The Hall–Kier alpha value is -5.88. The Balaban J connectivity index is 0.000000189. The van der Waals surface area contributed by atoms with Crippen LogP contribution in [0.2, 0.25) is 0 Å². The Bertz CT molecular complexity index is 2460. The van der Waals surface area contributed by atoms with Crippen molar-refractivity contribution in [2.24, 2.45) is 11.8 Å². The van der Waals surface area contributed by atoms with Crippen LogP contribution in [-0.4, -0.2) is 39.5 Å². The monoisotopic (exact) mass is 886 g/mol. The standard InChI is InChI=1S/C26H26FNO3S.C26H26FNO2S/c1-31-21-12-13-22(24(30)16-21)26-18(9-14-23(29)17-7-10-19(27)11-8-17)15-25(32)28(26)20-5-3-2-4-6-20;1-30-22-14-15-23(24(29)17-22)26-19(7-5-6-18-10-12-20(27)13-11-18)16-25(31)28(26)21-8-3-2-4-9-21/h2-8,10-13,16,18,23,26,29-30H,9,14-15H2,1H3;2-4,8-15,17,19,26,29H,5-7,16H2,1H3/t18-,23?,26+;19-,26+/m11/s1. The van der Waals surface area contributed by atoms with Crippen LogP contribution in [0.5, 0.6) is 23.0 Å². The summed E-state index contributed by atoms with van der Waals surface area (Å²) in [7, 11) is 3.16. The van der Waals surface area contributed by atoms with Gasteiger partial charge < -0.3 is 34.6 Å². The fourth-order valence-electron chi connectivity index (χ4n) is 8.94. The number of anilines is 2. The molecule has 2 aliphatic rings. The van der Waals surface area contributed by atoms with Crippen LogP contribution in [0, 0.1) is 23.5 Å². The lowest BCUT2D eigenvalue weighted by Gasteiger charge is -2.31. The zero-order valence-electron chi connectivity index (χ0n) is 35.3. The Labute approximate surface area is 379 Å². The van der Waals surface area contributed by atoms with Gasteiger partial charge in [0.1, 0.15) is 34.6 Å². The Kier molecular flexibility index (Phi) is 15.0. The van der Waals surface area contributed by atoms with Crippen LogP contribution in [0.4, 0.5) is 20.2 Å². The number of methoxy groups -OCH3 is 2. The number of benzene rings is 6. The fourth-order valence-corrected chi connectivity index (χ4v) is 9.80. The van der Waals surface area contributed by atoms with Gasteiger partial charge in [0.25, 0.3) is 0 Å². The lowest BCUT2D eigenvalue weighted by atomic mass is 9.87. The summed E-state index contributed by atoms with van der Waals surface area (Å²) in [6, 6.07) is 43.3. The van der Waals surface area contributed by atoms with Crippen LogP contribution >= 0.6 is 24.4 Å². The van der Waals surface area contributed by atoms with Gasteiger partial charge >= 0.3 is 0 Å². The summed E-state index contributed by atoms with van der Waals surface area (Å²) >= 11 is 11.6. The van der Waals surface area contributed by atoms with Gasteiger partial charge in [-0.3, -0.25) is 0 Å². The number of nitrogens with zero attached hydrogens (tertiary/aromatic N) is 2. The second-order valence-electron chi connectivity index (χ2n) is 16.0. The van der Waals surface area contributed by atoms with E-state index in [0.717, 1.165) is 63.7 Å². The average Bonchev–Trinajstić information content (AvgIpc) is 3.81. The van der Waals surface area contributed by atoms with Crippen molar-refractivity contribution in [2.45, 2.75) is 63.1 Å². The number of phenols is 2. The third-order valence-corrected chi connectivity index (χ3v) is 12.8. The minimum absolute atomic E-state index is 0.0472. The maximum absolute atomic E-state index is 13.2. The molecule has 2 heterocycles. The fraction of sp³-hybridized carbons (Fsp3) is 0.269. The lowest BCUT2D eigenvalue weighted by molar-refractivity contribution is 0.155. The summed E-state index contributed by atoms with van der Waals surface area (Å²) in [5, 5.41) is 32.3. The van der Waals surface area contributed by atoms with E-state index < -0.39 is 6.10 Å². The van der Waals surface area contributed by atoms with Crippen molar-refractivity contribution in [2.75, 3.05) is 24.0 Å². The molecule has 2 saturated heterocycles. The number of hydrogen-bond acceptors (Lipinski definition) is 7. The van der Waals surface area contributed by atoms with Crippen LogP contribution in [0.15, 0.2) is 146 Å². The molecule has 0 aromatic heterocycles. The number of hydrogen-bond donors (Lipinski definition) is 3. The molecule has 0 radical (unpaired) electrons. The first kappa shape index (κ1) is 45.2. The highest BCUT2D eigenvalue weighted by atomic mass is 32.1. The number of phenolic OH excluding ortho intramolecular Hbond substituents is 2. The molecule has 0 saturated carbocycles. The Morgan fingerprint density at radius 3 is 1.49 bits per heavy atom. The first-order chi connectivity index (χ1) is 30.5. The molecule has 0 spiro atoms. The summed E-state index contributed by atoms with van der Waals surface area (Å²) in [6.07, 6.45) is 4.79. The lowest BCUT2D eigenvalue weighted by Crippen LogP contribution is -2.28. The first-order valence-electron chi connectivity index (χ1n) is 21.2. The highest BCUT2D eigenvalue weighted by Gasteiger charge is 2.41. The van der Waals surface area contributed by atoms with Gasteiger partial charge in [-0.15, -0.1) is 0 Å². The molecule has 8 rings (SSSR count). The van der Waals surface area contributed by atoms with Crippen LogP contribution in [-0.2, 0) is 6.42 Å². The van der Waals surface area contributed by atoms with E-state index in [0.29, 0.717) is 36.3 Å². The van der Waals surface area contributed by atoms with Gasteiger partial charge in [-0.2, -0.15) is 0 Å². The number of halogens is 2. The summed E-state index contributed by atoms with van der Waals surface area (Å²) in [5.74, 6) is 1.42. The number of thiocarbonyl (C=S) groups is 2. The van der Waals surface area contributed by atoms with Gasteiger partial charge in [-0.1, -0.05) is 85.1 Å². The van der Waals surface area contributed by atoms with Crippen molar-refractivity contribution in [1.82, 2.24) is 0 Å². The second kappa shape index (κ2) is 21.0. The van der Waals surface area contributed by atoms with E-state index in [-0.39, 0.29) is 47.1 Å². The third-order valence-electron chi connectivity index (χ3n) is 12.1. The van der Waals surface area contributed by atoms with Crippen LogP contribution < -0.4 is 19.3 Å². The van der Waals surface area contributed by atoms with Gasteiger partial charge in [0.15, 0.2) is 0 Å². The summed E-state index contributed by atoms with van der Waals surface area (Å²) in [5.41, 5.74) is 5.46. The Morgan fingerprint density at radius 1 is 0.603 bits per heavy atom. The molecule has 5 atom stereocenters. The molecular formula is C52H52F2N2O5S2. The maximum Gasteiger partial charge on any atom is 0.124 e. The summed E-state index contributed by atoms with van der Waals surface area (Å²) in [4.78, 5) is 5.97. The largest absolute Gasteiger partial charge is 0.507 e. The number of aliphatic hydroxyl groups excluding tert-OH is 1. The van der Waals surface area contributed by atoms with Gasteiger partial charge in [-0.05, 0) is 128 Å². The van der Waals surface area contributed by atoms with Gasteiger partial charge in [-0.25, -0.2) is 8.78 Å². The molecule has 326 valence electrons. The number of ether oxygens (including phenoxy) is 2. The molecule has 11 heteroatoms. The van der Waals surface area contributed by atoms with E-state index in [4.69, 9.17) is 33.9 Å². The number of aliphatic hydroxyl groups is 1. The molecular weight excluding hydrogens is 835 g/mol. The molecule has 1 unspecified atom stereocenters. The van der Waals surface area contributed by atoms with Gasteiger partial charge in [0.05, 0.1) is 42.4 Å². The van der Waals surface area contributed by atoms with Crippen molar-refractivity contribution in [3.8, 4) is 23.0 Å². The molecule has 2 aliphatic heterocycles. The normalized spacial score (nSPS) is 18.8. The number of para-hydroxylation sites is 2. The zero-order valence-corrected chi connectivity index (χ0v) is 37.0. The minimum atomic E-state index is -0.694. The molecule has 0 aliphatic carbocycles. The summed E-state index contributed by atoms with van der Waals surface area (Å²) < 4.78 is 36.9. The van der Waals surface area contributed by atoms with Crippen molar-refractivity contribution in [3.63, 3.8) is 0 Å². The molecule has 0 amide bonds. The molecule has 3 N–H and O–H groups in total. The van der Waals surface area contributed by atoms with Crippen molar-refractivity contribution in [3.05, 3.63) is 179 Å². The smallest absolute Gasteiger partial charge is 0.124 e. The van der Waals surface area contributed by atoms with E-state index in [1.807, 2.05) is 84.9 Å². The molecule has 2 fully saturated rings. The van der Waals surface area contributed by atoms with E-state index in [1.54, 1.807) is 38.5 Å². The maximum atomic E-state index is 13.2. The second-order valence-corrected chi connectivity index (χ2v) is 17.0. The number of aryl methyl sites for hydroxylation is 1. The molecule has 6 aromatic rings. The zero-order chi connectivity index (χ0) is 44.5. The van der Waals surface area contributed by atoms with E-state index in [1.165, 1.54) is 24.3 Å². The Morgan fingerprint density at radius 2 is 1.05 bits per heavy atom. The van der Waals surface area contributed by atoms with E-state index >= 15 is 0 Å². The third kappa shape index (κ3) is 10.8. The van der Waals surface area contributed by atoms with Crippen molar-refractivity contribution >= 4 is 45.8 Å². The topological polar surface area (TPSA) is 85.6 Å². The predicted molar refractivity (Wildman–Crippen MR) is 254 cm³/mol. The van der Waals surface area contributed by atoms with Gasteiger partial charge in [0, 0.05) is 47.5 Å². The average molecular weight is 887 g/mol. The minimum Gasteiger partial charge on any atom is -0.507 e. The predicted octanol–water partition coefficient (Wildman–Crippen LogP) is 12.4. The van der Waals surface area contributed by atoms with Crippen LogP contribution in [0.1, 0.15) is 79.0 Å². The highest BCUT2D eigenvalue weighted by Crippen LogP contribution is 2.49. The van der Waals surface area contributed by atoms with Crippen molar-refractivity contribution in [1.29, 1.82) is 0 Å². The van der Waals surface area contributed by atoms with Crippen LogP contribution in [0.25, 0.3) is 0 Å².